The van der Waals surface area contributed by atoms with E-state index >= 15 is 0 Å². The Morgan fingerprint density at radius 2 is 1.48 bits per heavy atom. The van der Waals surface area contributed by atoms with Crippen LogP contribution in [0.15, 0.2) is 66.7 Å². The molecule has 0 amide bonds. The van der Waals surface area contributed by atoms with Crippen LogP contribution in [0.1, 0.15) is 38.2 Å². The molecule has 33 heavy (non-hydrogen) atoms. The first kappa shape index (κ1) is 22.9. The number of ketones is 1. The van der Waals surface area contributed by atoms with Crippen LogP contribution < -0.4 is 4.90 Å². The van der Waals surface area contributed by atoms with Crippen molar-refractivity contribution in [2.24, 2.45) is 0 Å². The number of halogens is 6. The zero-order chi connectivity index (χ0) is 23.8. The highest BCUT2D eigenvalue weighted by molar-refractivity contribution is 5.98. The van der Waals surface area contributed by atoms with Crippen LogP contribution in [0.3, 0.4) is 0 Å². The molecule has 3 aromatic rings. The molecule has 0 unspecified atom stereocenters. The van der Waals surface area contributed by atoms with Gasteiger partial charge in [-0.2, -0.15) is 26.3 Å². The number of Topliss-reactive ketones (excluding diaryl/α,β-unsaturated/α-hetero) is 1. The number of hydrogen-bond donors (Lipinski definition) is 0. The number of hydrogen-bond acceptors (Lipinski definition) is 2. The van der Waals surface area contributed by atoms with Crippen LogP contribution >= 0.6 is 0 Å². The molecule has 0 fully saturated rings. The zero-order valence-electron chi connectivity index (χ0n) is 17.3. The summed E-state index contributed by atoms with van der Waals surface area (Å²) in [6, 6.07) is 15.1. The first-order chi connectivity index (χ1) is 15.5. The summed E-state index contributed by atoms with van der Waals surface area (Å²) in [6.07, 6.45) is -9.03. The summed E-state index contributed by atoms with van der Waals surface area (Å²) in [5, 5.41) is 0. The average molecular weight is 463 g/mol. The van der Waals surface area contributed by atoms with Crippen LogP contribution in [0.4, 0.5) is 32.0 Å². The van der Waals surface area contributed by atoms with Gasteiger partial charge in [-0.3, -0.25) is 4.79 Å². The maximum absolute atomic E-state index is 13.6. The summed E-state index contributed by atoms with van der Waals surface area (Å²) in [5.74, 6) is -0.681. The fourth-order valence-corrected chi connectivity index (χ4v) is 3.98. The number of benzene rings is 3. The highest BCUT2D eigenvalue weighted by atomic mass is 19.4. The quantitative estimate of drug-likeness (QED) is 0.317. The fraction of sp³-hybridized carbons (Fsp3) is 0.240. The number of rotatable bonds is 4. The minimum Gasteiger partial charge on any atom is -0.367 e. The van der Waals surface area contributed by atoms with E-state index in [1.54, 1.807) is 4.90 Å². The molecule has 2 nitrogen and oxygen atoms in total. The first-order valence-corrected chi connectivity index (χ1v) is 10.2. The van der Waals surface area contributed by atoms with Crippen molar-refractivity contribution in [3.05, 3.63) is 100 Å². The first-order valence-electron chi connectivity index (χ1n) is 10.2. The van der Waals surface area contributed by atoms with Gasteiger partial charge in [0, 0.05) is 30.8 Å². The van der Waals surface area contributed by atoms with Crippen LogP contribution in [0, 0.1) is 0 Å². The summed E-state index contributed by atoms with van der Waals surface area (Å²) in [4.78, 5) is 14.6. The van der Waals surface area contributed by atoms with Gasteiger partial charge in [-0.15, -0.1) is 0 Å². The van der Waals surface area contributed by atoms with Gasteiger partial charge in [0.05, 0.1) is 11.1 Å². The van der Waals surface area contributed by atoms with Crippen LogP contribution in [0.25, 0.3) is 0 Å². The lowest BCUT2D eigenvalue weighted by Gasteiger charge is -2.31. The third-order valence-corrected chi connectivity index (χ3v) is 5.68. The van der Waals surface area contributed by atoms with Gasteiger partial charge < -0.3 is 4.90 Å². The number of carbonyl (C=O) groups is 1. The minimum absolute atomic E-state index is 0.0840. The number of nitrogens with zero attached hydrogens (tertiary/aromatic N) is 1. The lowest BCUT2D eigenvalue weighted by molar-refractivity contribution is -0.138. The molecule has 8 heteroatoms. The largest absolute Gasteiger partial charge is 0.416 e. The normalized spacial score (nSPS) is 14.2. The lowest BCUT2D eigenvalue weighted by atomic mass is 9.96. The molecule has 0 bridgehead atoms. The Morgan fingerprint density at radius 3 is 2.18 bits per heavy atom. The molecule has 0 radical (unpaired) electrons. The van der Waals surface area contributed by atoms with E-state index in [1.807, 2.05) is 24.3 Å². The second-order valence-electron chi connectivity index (χ2n) is 8.00. The molecule has 1 aliphatic heterocycles. The molecule has 3 aromatic carbocycles. The standard InChI is InChI=1S/C25H19F6NO/c26-24(27,28)20-7-3-4-16(10-20)11-23(33)19-12-21(25(29,30)31)14-22(13-19)32-9-8-17-5-1-2-6-18(17)15-32/h1-7,10,12-14H,8-9,11,15H2. The summed E-state index contributed by atoms with van der Waals surface area (Å²) in [5.41, 5.74) is 0.402. The molecule has 4 rings (SSSR count). The van der Waals surface area contributed by atoms with Gasteiger partial charge in [0.15, 0.2) is 5.78 Å². The molecule has 0 N–H and O–H groups in total. The van der Waals surface area contributed by atoms with Crippen molar-refractivity contribution in [2.45, 2.75) is 31.7 Å². The number of alkyl halides is 6. The number of carbonyl (C=O) groups excluding carboxylic acids is 1. The third kappa shape index (κ3) is 5.21. The molecule has 0 aromatic heterocycles. The van der Waals surface area contributed by atoms with E-state index < -0.39 is 35.7 Å². The van der Waals surface area contributed by atoms with E-state index in [0.717, 1.165) is 35.4 Å². The van der Waals surface area contributed by atoms with Crippen LogP contribution in [0.2, 0.25) is 0 Å². The van der Waals surface area contributed by atoms with Crippen molar-refractivity contribution < 1.29 is 31.1 Å². The van der Waals surface area contributed by atoms with Crippen molar-refractivity contribution in [1.29, 1.82) is 0 Å². The van der Waals surface area contributed by atoms with Crippen molar-refractivity contribution >= 4 is 11.5 Å². The van der Waals surface area contributed by atoms with Gasteiger partial charge in [0.1, 0.15) is 0 Å². The van der Waals surface area contributed by atoms with Crippen LogP contribution in [0.5, 0.6) is 0 Å². The summed E-state index contributed by atoms with van der Waals surface area (Å²) < 4.78 is 79.6. The number of fused-ring (bicyclic) bond motifs is 1. The topological polar surface area (TPSA) is 20.3 Å². The molecule has 1 heterocycles. The highest BCUT2D eigenvalue weighted by Gasteiger charge is 2.33. The van der Waals surface area contributed by atoms with Gasteiger partial charge in [-0.05, 0) is 47.4 Å². The maximum atomic E-state index is 13.6. The Kier molecular flexibility index (Phi) is 5.95. The van der Waals surface area contributed by atoms with E-state index in [0.29, 0.717) is 19.5 Å². The zero-order valence-corrected chi connectivity index (χ0v) is 17.3. The van der Waals surface area contributed by atoms with Gasteiger partial charge in [-0.25, -0.2) is 0 Å². The molecule has 0 aliphatic carbocycles. The predicted molar refractivity (Wildman–Crippen MR) is 112 cm³/mol. The maximum Gasteiger partial charge on any atom is 0.416 e. The SMILES string of the molecule is O=C(Cc1cccc(C(F)(F)F)c1)c1cc(N2CCc3ccccc3C2)cc(C(F)(F)F)c1. The summed E-state index contributed by atoms with van der Waals surface area (Å²) in [6.45, 7) is 0.887. The Balaban J connectivity index is 1.65. The predicted octanol–water partition coefficient (Wildman–Crippen LogP) is 6.71. The molecule has 1 aliphatic rings. The lowest BCUT2D eigenvalue weighted by Crippen LogP contribution is -2.30. The van der Waals surface area contributed by atoms with E-state index in [-0.39, 0.29) is 16.8 Å². The number of anilines is 1. The second kappa shape index (κ2) is 8.57. The molecule has 0 atom stereocenters. The summed E-state index contributed by atoms with van der Waals surface area (Å²) in [7, 11) is 0. The average Bonchev–Trinajstić information content (AvgIpc) is 2.77. The van der Waals surface area contributed by atoms with E-state index in [2.05, 4.69) is 0 Å². The highest BCUT2D eigenvalue weighted by Crippen LogP contribution is 2.35. The fourth-order valence-electron chi connectivity index (χ4n) is 3.98. The van der Waals surface area contributed by atoms with Gasteiger partial charge >= 0.3 is 12.4 Å². The van der Waals surface area contributed by atoms with Crippen molar-refractivity contribution in [3.8, 4) is 0 Å². The summed E-state index contributed by atoms with van der Waals surface area (Å²) >= 11 is 0. The van der Waals surface area contributed by atoms with Crippen molar-refractivity contribution in [2.75, 3.05) is 11.4 Å². The monoisotopic (exact) mass is 463 g/mol. The van der Waals surface area contributed by atoms with E-state index in [9.17, 15) is 31.1 Å². The molecule has 172 valence electrons. The molecule has 0 spiro atoms. The Bertz CT molecular complexity index is 1180. The molecule has 0 saturated heterocycles. The Hall–Kier alpha value is -3.29. The van der Waals surface area contributed by atoms with Gasteiger partial charge in [0.2, 0.25) is 0 Å². The van der Waals surface area contributed by atoms with Gasteiger partial charge in [0.25, 0.3) is 0 Å². The Labute approximate surface area is 186 Å². The van der Waals surface area contributed by atoms with Gasteiger partial charge in [-0.1, -0.05) is 42.5 Å². The minimum atomic E-state index is -4.67. The molecular formula is C25H19F6NO. The third-order valence-electron chi connectivity index (χ3n) is 5.68. The van der Waals surface area contributed by atoms with Crippen LogP contribution in [-0.4, -0.2) is 12.3 Å². The van der Waals surface area contributed by atoms with Crippen molar-refractivity contribution in [3.63, 3.8) is 0 Å². The Morgan fingerprint density at radius 1 is 0.788 bits per heavy atom. The van der Waals surface area contributed by atoms with E-state index in [1.165, 1.54) is 18.2 Å². The molecule has 0 saturated carbocycles. The second-order valence-corrected chi connectivity index (χ2v) is 8.00. The molecular weight excluding hydrogens is 444 g/mol. The van der Waals surface area contributed by atoms with Crippen molar-refractivity contribution in [1.82, 2.24) is 0 Å². The van der Waals surface area contributed by atoms with E-state index in [4.69, 9.17) is 0 Å². The smallest absolute Gasteiger partial charge is 0.367 e. The van der Waals surface area contributed by atoms with Crippen LogP contribution in [-0.2, 0) is 31.7 Å².